The third-order valence-corrected chi connectivity index (χ3v) is 4.35. The highest BCUT2D eigenvalue weighted by atomic mass is 16.1. The van der Waals surface area contributed by atoms with Crippen molar-refractivity contribution in [2.45, 2.75) is 0 Å². The van der Waals surface area contributed by atoms with Crippen LogP contribution in [0.1, 0.15) is 0 Å². The first-order valence-electron chi connectivity index (χ1n) is 8.43. The van der Waals surface area contributed by atoms with Crippen LogP contribution in [0.3, 0.4) is 0 Å². The molecule has 4 rings (SSSR count). The minimum atomic E-state index is 0.533. The average molecular weight is 364 g/mol. The van der Waals surface area contributed by atoms with Crippen LogP contribution in [0.5, 0.6) is 0 Å². The molecular weight excluding hydrogens is 352 g/mol. The van der Waals surface area contributed by atoms with E-state index < -0.39 is 0 Å². The Bertz CT molecular complexity index is 1230. The third kappa shape index (κ3) is 3.13. The zero-order valence-corrected chi connectivity index (χ0v) is 14.5. The molecule has 0 amide bonds. The van der Waals surface area contributed by atoms with Gasteiger partial charge in [0, 0.05) is 21.5 Å². The minimum absolute atomic E-state index is 0.533. The number of benzene rings is 4. The van der Waals surface area contributed by atoms with Crippen molar-refractivity contribution in [1.29, 1.82) is 0 Å². The zero-order chi connectivity index (χ0) is 19.3. The second kappa shape index (κ2) is 7.56. The van der Waals surface area contributed by atoms with Crippen LogP contribution in [-0.4, -0.2) is 12.2 Å². The maximum atomic E-state index is 10.6. The van der Waals surface area contributed by atoms with Crippen LogP contribution < -0.4 is 0 Å². The number of isocyanates is 2. The van der Waals surface area contributed by atoms with Crippen LogP contribution in [0.15, 0.2) is 93.0 Å². The van der Waals surface area contributed by atoms with Gasteiger partial charge in [0.25, 0.3) is 0 Å². The lowest BCUT2D eigenvalue weighted by molar-refractivity contribution is 0.564. The molecule has 6 heteroatoms. The summed E-state index contributed by atoms with van der Waals surface area (Å²) in [6.07, 6.45) is 3.15. The fourth-order valence-electron chi connectivity index (χ4n) is 3.11. The molecule has 6 nitrogen and oxygen atoms in total. The predicted molar refractivity (Wildman–Crippen MR) is 108 cm³/mol. The van der Waals surface area contributed by atoms with Crippen LogP contribution in [0.2, 0.25) is 0 Å². The summed E-state index contributed by atoms with van der Waals surface area (Å²) in [5, 5.41) is 12.1. The third-order valence-electron chi connectivity index (χ3n) is 4.35. The van der Waals surface area contributed by atoms with Gasteiger partial charge >= 0.3 is 0 Å². The van der Waals surface area contributed by atoms with Gasteiger partial charge in [-0.2, -0.15) is 9.98 Å². The van der Waals surface area contributed by atoms with E-state index in [1.165, 1.54) is 0 Å². The number of hydrogen-bond acceptors (Lipinski definition) is 6. The van der Waals surface area contributed by atoms with Gasteiger partial charge in [-0.1, -0.05) is 48.5 Å². The molecule has 0 aliphatic carbocycles. The smallest absolute Gasteiger partial charge is 0.211 e. The van der Waals surface area contributed by atoms with Gasteiger partial charge in [-0.15, -0.1) is 10.2 Å². The highest BCUT2D eigenvalue weighted by Crippen LogP contribution is 2.36. The lowest BCUT2D eigenvalue weighted by Gasteiger charge is -2.05. The Hall–Kier alpha value is -4.24. The molecule has 0 aromatic heterocycles. The van der Waals surface area contributed by atoms with Gasteiger partial charge in [0.15, 0.2) is 0 Å². The van der Waals surface area contributed by atoms with Gasteiger partial charge in [0.05, 0.1) is 22.7 Å². The maximum absolute atomic E-state index is 10.6. The molecule has 0 radical (unpaired) electrons. The Labute approximate surface area is 159 Å². The van der Waals surface area contributed by atoms with E-state index in [9.17, 15) is 9.59 Å². The normalized spacial score (nSPS) is 10.7. The molecule has 0 saturated carbocycles. The van der Waals surface area contributed by atoms with Gasteiger partial charge < -0.3 is 0 Å². The largest absolute Gasteiger partial charge is 0.240 e. The second-order valence-corrected chi connectivity index (χ2v) is 5.90. The van der Waals surface area contributed by atoms with E-state index in [0.717, 1.165) is 21.5 Å². The first-order chi connectivity index (χ1) is 13.8. The number of rotatable bonds is 4. The van der Waals surface area contributed by atoms with E-state index in [-0.39, 0.29) is 0 Å². The van der Waals surface area contributed by atoms with Crippen molar-refractivity contribution < 1.29 is 9.59 Å². The van der Waals surface area contributed by atoms with Crippen LogP contribution in [0.25, 0.3) is 21.5 Å². The van der Waals surface area contributed by atoms with Gasteiger partial charge in [-0.3, -0.25) is 0 Å². The molecule has 4 aromatic rings. The maximum Gasteiger partial charge on any atom is 0.240 e. The first kappa shape index (κ1) is 17.2. The highest BCUT2D eigenvalue weighted by molar-refractivity contribution is 6.01. The molecule has 0 saturated heterocycles. The molecule has 0 fully saturated rings. The topological polar surface area (TPSA) is 83.6 Å². The monoisotopic (exact) mass is 364 g/mol. The number of aliphatic imine (C=N–C) groups is 2. The van der Waals surface area contributed by atoms with Crippen molar-refractivity contribution in [3.8, 4) is 0 Å². The predicted octanol–water partition coefficient (Wildman–Crippen LogP) is 6.34. The van der Waals surface area contributed by atoms with Gasteiger partial charge in [0.2, 0.25) is 12.2 Å². The molecule has 0 heterocycles. The minimum Gasteiger partial charge on any atom is -0.211 e. The van der Waals surface area contributed by atoms with E-state index in [4.69, 9.17) is 0 Å². The summed E-state index contributed by atoms with van der Waals surface area (Å²) >= 11 is 0. The summed E-state index contributed by atoms with van der Waals surface area (Å²) in [6.45, 7) is 0. The molecular formula is C22H12N4O2. The highest BCUT2D eigenvalue weighted by Gasteiger charge is 2.07. The lowest BCUT2D eigenvalue weighted by Crippen LogP contribution is -1.77. The molecule has 0 unspecified atom stereocenters. The summed E-state index contributed by atoms with van der Waals surface area (Å²) in [5.41, 5.74) is 2.37. The Kier molecular flexibility index (Phi) is 4.64. The molecule has 0 aliphatic rings. The summed E-state index contributed by atoms with van der Waals surface area (Å²) in [7, 11) is 0. The molecule has 4 aromatic carbocycles. The second-order valence-electron chi connectivity index (χ2n) is 5.90. The molecule has 28 heavy (non-hydrogen) atoms. The summed E-state index contributed by atoms with van der Waals surface area (Å²) in [6, 6.07) is 22.0. The Morgan fingerprint density at radius 3 is 1.14 bits per heavy atom. The Morgan fingerprint density at radius 2 is 0.786 bits per heavy atom. The van der Waals surface area contributed by atoms with Crippen LogP contribution in [-0.2, 0) is 9.59 Å². The molecule has 132 valence electrons. The molecule has 0 N–H and O–H groups in total. The van der Waals surface area contributed by atoms with E-state index in [2.05, 4.69) is 20.2 Å². The number of nitrogens with zero attached hydrogens (tertiary/aromatic N) is 4. The summed E-state index contributed by atoms with van der Waals surface area (Å²) in [5.74, 6) is 0. The number of carbonyl (C=O) groups excluding carboxylic acids is 2. The average Bonchev–Trinajstić information content (AvgIpc) is 2.74. The van der Waals surface area contributed by atoms with Crippen molar-refractivity contribution in [1.82, 2.24) is 0 Å². The Balaban J connectivity index is 1.85. The van der Waals surface area contributed by atoms with Gasteiger partial charge in [0.1, 0.15) is 0 Å². The van der Waals surface area contributed by atoms with Crippen molar-refractivity contribution in [3.63, 3.8) is 0 Å². The lowest BCUT2D eigenvalue weighted by atomic mass is 10.1. The van der Waals surface area contributed by atoms with Crippen LogP contribution in [0.4, 0.5) is 22.7 Å². The molecule has 0 aliphatic heterocycles. The van der Waals surface area contributed by atoms with E-state index >= 15 is 0 Å². The quantitative estimate of drug-likeness (QED) is 0.240. The fourth-order valence-corrected chi connectivity index (χ4v) is 3.11. The van der Waals surface area contributed by atoms with E-state index in [1.807, 2.05) is 48.5 Å². The first-order valence-corrected chi connectivity index (χ1v) is 8.43. The standard InChI is InChI=1S/C22H12N4O2/c27-13-23-19-9-11-21(17-7-3-1-5-15(17)19)25-26-22-12-10-20(24-14-28)16-6-2-4-8-18(16)22/h1-12H. The number of fused-ring (bicyclic) bond motifs is 2. The molecule has 0 atom stereocenters. The Morgan fingerprint density at radius 1 is 0.464 bits per heavy atom. The van der Waals surface area contributed by atoms with Crippen LogP contribution >= 0.6 is 0 Å². The fraction of sp³-hybridized carbons (Fsp3) is 0. The van der Waals surface area contributed by atoms with E-state index in [0.29, 0.717) is 22.7 Å². The molecule has 0 bridgehead atoms. The van der Waals surface area contributed by atoms with Gasteiger partial charge in [-0.05, 0) is 24.3 Å². The summed E-state index contributed by atoms with van der Waals surface area (Å²) < 4.78 is 0. The molecule has 0 spiro atoms. The van der Waals surface area contributed by atoms with Crippen molar-refractivity contribution in [2.75, 3.05) is 0 Å². The number of azo groups is 1. The van der Waals surface area contributed by atoms with Crippen LogP contribution in [0, 0.1) is 0 Å². The SMILES string of the molecule is O=C=Nc1ccc(N=Nc2ccc(N=C=O)c3ccccc23)c2ccccc12. The zero-order valence-electron chi connectivity index (χ0n) is 14.5. The van der Waals surface area contributed by atoms with Crippen molar-refractivity contribution in [3.05, 3.63) is 72.8 Å². The van der Waals surface area contributed by atoms with Gasteiger partial charge in [-0.25, -0.2) is 9.59 Å². The summed E-state index contributed by atoms with van der Waals surface area (Å²) in [4.78, 5) is 28.8. The van der Waals surface area contributed by atoms with E-state index in [1.54, 1.807) is 36.4 Å². The van der Waals surface area contributed by atoms with Crippen molar-refractivity contribution in [2.24, 2.45) is 20.2 Å². The number of hydrogen-bond donors (Lipinski definition) is 0. The van der Waals surface area contributed by atoms with Crippen molar-refractivity contribution >= 4 is 56.5 Å².